The van der Waals surface area contributed by atoms with Crippen LogP contribution in [-0.4, -0.2) is 61.1 Å². The lowest BCUT2D eigenvalue weighted by molar-refractivity contribution is -0.121. The third-order valence-corrected chi connectivity index (χ3v) is 4.89. The maximum atomic E-state index is 13.7. The smallest absolute Gasteiger partial charge is 0.241 e. The van der Waals surface area contributed by atoms with Crippen LogP contribution in [0.2, 0.25) is 0 Å². The number of para-hydroxylation sites is 2. The van der Waals surface area contributed by atoms with Gasteiger partial charge in [0.15, 0.2) is 0 Å². The topological polar surface area (TPSA) is 44.8 Å². The molecule has 1 saturated heterocycles. The third kappa shape index (κ3) is 5.52. The summed E-state index contributed by atoms with van der Waals surface area (Å²) in [5, 5.41) is 2.68. The highest BCUT2D eigenvalue weighted by Gasteiger charge is 2.25. The molecule has 0 unspecified atom stereocenters. The molecule has 0 bridgehead atoms. The lowest BCUT2D eigenvalue weighted by atomic mass is 10.2. The summed E-state index contributed by atoms with van der Waals surface area (Å²) in [7, 11) is 0. The molecule has 2 aromatic carbocycles. The Bertz CT molecular complexity index is 733. The summed E-state index contributed by atoms with van der Waals surface area (Å²) in [5.41, 5.74) is 0.228. The predicted octanol–water partition coefficient (Wildman–Crippen LogP) is 2.85. The number of piperazine rings is 1. The Balaban J connectivity index is 1.40. The summed E-state index contributed by atoms with van der Waals surface area (Å²) in [5.74, 6) is 0.289. The van der Waals surface area contributed by atoms with Crippen molar-refractivity contribution in [3.05, 3.63) is 60.4 Å². The van der Waals surface area contributed by atoms with Gasteiger partial charge in [-0.05, 0) is 31.2 Å². The first-order chi connectivity index (χ1) is 13.1. The van der Waals surface area contributed by atoms with Gasteiger partial charge in [0.05, 0.1) is 11.7 Å². The van der Waals surface area contributed by atoms with Gasteiger partial charge in [0.2, 0.25) is 5.91 Å². The van der Waals surface area contributed by atoms with Crippen molar-refractivity contribution < 1.29 is 13.9 Å². The number of benzene rings is 2. The van der Waals surface area contributed by atoms with E-state index in [1.54, 1.807) is 18.2 Å². The van der Waals surface area contributed by atoms with Crippen LogP contribution in [0.1, 0.15) is 6.92 Å². The van der Waals surface area contributed by atoms with Crippen molar-refractivity contribution in [1.29, 1.82) is 0 Å². The molecule has 0 radical (unpaired) electrons. The predicted molar refractivity (Wildman–Crippen MR) is 104 cm³/mol. The van der Waals surface area contributed by atoms with Gasteiger partial charge >= 0.3 is 0 Å². The molecule has 0 spiro atoms. The second kappa shape index (κ2) is 9.48. The van der Waals surface area contributed by atoms with Crippen molar-refractivity contribution in [3.8, 4) is 5.75 Å². The van der Waals surface area contributed by atoms with Gasteiger partial charge in [0.25, 0.3) is 0 Å². The highest BCUT2D eigenvalue weighted by atomic mass is 19.1. The lowest BCUT2D eigenvalue weighted by Crippen LogP contribution is -2.53. The quantitative estimate of drug-likeness (QED) is 0.813. The van der Waals surface area contributed by atoms with Crippen LogP contribution in [-0.2, 0) is 4.79 Å². The largest absolute Gasteiger partial charge is 0.492 e. The molecule has 1 fully saturated rings. The molecule has 1 amide bonds. The van der Waals surface area contributed by atoms with Gasteiger partial charge in [0.1, 0.15) is 18.2 Å². The number of hydrogen-bond donors (Lipinski definition) is 1. The van der Waals surface area contributed by atoms with Gasteiger partial charge in [-0.25, -0.2) is 4.39 Å². The van der Waals surface area contributed by atoms with Crippen LogP contribution in [0.5, 0.6) is 5.75 Å². The Morgan fingerprint density at radius 3 is 2.44 bits per heavy atom. The van der Waals surface area contributed by atoms with Gasteiger partial charge in [-0.3, -0.25) is 14.6 Å². The zero-order valence-corrected chi connectivity index (χ0v) is 15.6. The highest BCUT2D eigenvalue weighted by Crippen LogP contribution is 2.15. The molecule has 27 heavy (non-hydrogen) atoms. The second-order valence-electron chi connectivity index (χ2n) is 6.68. The SMILES string of the molecule is C[C@@H](C(=O)Nc1ccccc1F)N1CCN(CCOc2ccccc2)CC1. The van der Waals surface area contributed by atoms with Crippen LogP contribution >= 0.6 is 0 Å². The monoisotopic (exact) mass is 371 g/mol. The second-order valence-corrected chi connectivity index (χ2v) is 6.68. The maximum absolute atomic E-state index is 13.7. The van der Waals surface area contributed by atoms with E-state index in [9.17, 15) is 9.18 Å². The number of amides is 1. The first kappa shape index (κ1) is 19.3. The highest BCUT2D eigenvalue weighted by molar-refractivity contribution is 5.94. The molecule has 144 valence electrons. The summed E-state index contributed by atoms with van der Waals surface area (Å²) in [6.07, 6.45) is 0. The standard InChI is InChI=1S/C21H26FN3O2/c1-17(21(26)23-20-10-6-5-9-19(20)22)25-13-11-24(12-14-25)15-16-27-18-7-3-2-4-8-18/h2-10,17H,11-16H2,1H3,(H,23,26)/t17-/m0/s1. The molecular formula is C21H26FN3O2. The van der Waals surface area contributed by atoms with Crippen molar-refractivity contribution in [2.45, 2.75) is 13.0 Å². The van der Waals surface area contributed by atoms with Gasteiger partial charge in [-0.2, -0.15) is 0 Å². The third-order valence-electron chi connectivity index (χ3n) is 4.89. The van der Waals surface area contributed by atoms with Gasteiger partial charge in [-0.15, -0.1) is 0 Å². The van der Waals surface area contributed by atoms with Crippen LogP contribution < -0.4 is 10.1 Å². The first-order valence-electron chi connectivity index (χ1n) is 9.33. The van der Waals surface area contributed by atoms with Crippen LogP contribution in [0.15, 0.2) is 54.6 Å². The molecule has 1 aliphatic rings. The van der Waals surface area contributed by atoms with Gasteiger partial charge in [-0.1, -0.05) is 30.3 Å². The number of halogens is 1. The van der Waals surface area contributed by atoms with Gasteiger partial charge in [0, 0.05) is 32.7 Å². The average molecular weight is 371 g/mol. The number of ether oxygens (including phenoxy) is 1. The van der Waals surface area contributed by atoms with Crippen molar-refractivity contribution >= 4 is 11.6 Å². The Morgan fingerprint density at radius 1 is 1.07 bits per heavy atom. The molecular weight excluding hydrogens is 345 g/mol. The number of carbonyl (C=O) groups excluding carboxylic acids is 1. The molecule has 0 aromatic heterocycles. The van der Waals surface area contributed by atoms with E-state index < -0.39 is 5.82 Å². The first-order valence-corrected chi connectivity index (χ1v) is 9.33. The summed E-state index contributed by atoms with van der Waals surface area (Å²) < 4.78 is 19.4. The number of anilines is 1. The number of nitrogens with one attached hydrogen (secondary N) is 1. The Labute approximate surface area is 159 Å². The summed E-state index contributed by atoms with van der Waals surface area (Å²) in [6.45, 7) is 6.75. The van der Waals surface area contributed by atoms with E-state index in [4.69, 9.17) is 4.74 Å². The van der Waals surface area contributed by atoms with Crippen molar-refractivity contribution in [2.24, 2.45) is 0 Å². The molecule has 3 rings (SSSR count). The van der Waals surface area contributed by atoms with E-state index in [2.05, 4.69) is 15.1 Å². The zero-order valence-electron chi connectivity index (χ0n) is 15.6. The van der Waals surface area contributed by atoms with E-state index in [0.717, 1.165) is 38.5 Å². The molecule has 2 aromatic rings. The van der Waals surface area contributed by atoms with E-state index in [1.807, 2.05) is 37.3 Å². The number of nitrogens with zero attached hydrogens (tertiary/aromatic N) is 2. The molecule has 1 atom stereocenters. The van der Waals surface area contributed by atoms with Crippen LogP contribution in [0.25, 0.3) is 0 Å². The zero-order chi connectivity index (χ0) is 19.1. The number of rotatable bonds is 7. The van der Waals surface area contributed by atoms with E-state index in [1.165, 1.54) is 6.07 Å². The summed E-state index contributed by atoms with van der Waals surface area (Å²) in [4.78, 5) is 16.9. The van der Waals surface area contributed by atoms with Crippen molar-refractivity contribution in [1.82, 2.24) is 9.80 Å². The van der Waals surface area contributed by atoms with Gasteiger partial charge < -0.3 is 10.1 Å². The maximum Gasteiger partial charge on any atom is 0.241 e. The van der Waals surface area contributed by atoms with Crippen molar-refractivity contribution in [2.75, 3.05) is 44.6 Å². The minimum Gasteiger partial charge on any atom is -0.492 e. The summed E-state index contributed by atoms with van der Waals surface area (Å²) in [6, 6.07) is 15.7. The van der Waals surface area contributed by atoms with Crippen LogP contribution in [0.3, 0.4) is 0 Å². The lowest BCUT2D eigenvalue weighted by Gasteiger charge is -2.37. The van der Waals surface area contributed by atoms with E-state index in [0.29, 0.717) is 6.61 Å². The summed E-state index contributed by atoms with van der Waals surface area (Å²) >= 11 is 0. The number of carbonyl (C=O) groups is 1. The molecule has 1 heterocycles. The Hall–Kier alpha value is -2.44. The van der Waals surface area contributed by atoms with Crippen LogP contribution in [0, 0.1) is 5.82 Å². The Kier molecular flexibility index (Phi) is 6.79. The van der Waals surface area contributed by atoms with Crippen molar-refractivity contribution in [3.63, 3.8) is 0 Å². The Morgan fingerprint density at radius 2 is 1.74 bits per heavy atom. The normalized spacial score (nSPS) is 16.7. The fraction of sp³-hybridized carbons (Fsp3) is 0.381. The molecule has 6 heteroatoms. The number of hydrogen-bond acceptors (Lipinski definition) is 4. The molecule has 1 aliphatic heterocycles. The molecule has 0 saturated carbocycles. The minimum absolute atomic E-state index is 0.180. The molecule has 0 aliphatic carbocycles. The fourth-order valence-corrected chi connectivity index (χ4v) is 3.15. The average Bonchev–Trinajstić information content (AvgIpc) is 2.70. The van der Waals surface area contributed by atoms with E-state index in [-0.39, 0.29) is 17.6 Å². The molecule has 1 N–H and O–H groups in total. The minimum atomic E-state index is -0.415. The fourth-order valence-electron chi connectivity index (χ4n) is 3.15. The molecule has 5 nitrogen and oxygen atoms in total. The van der Waals surface area contributed by atoms with E-state index >= 15 is 0 Å². The van der Waals surface area contributed by atoms with Crippen LogP contribution in [0.4, 0.5) is 10.1 Å².